The molecule has 0 aliphatic carbocycles. The van der Waals surface area contributed by atoms with E-state index in [9.17, 15) is 14.7 Å². The van der Waals surface area contributed by atoms with Gasteiger partial charge in [-0.15, -0.1) is 5.10 Å². The van der Waals surface area contributed by atoms with Gasteiger partial charge in [-0.05, 0) is 54.1 Å². The number of amidine groups is 1. The van der Waals surface area contributed by atoms with E-state index in [0.717, 1.165) is 11.6 Å². The predicted molar refractivity (Wildman–Crippen MR) is 147 cm³/mol. The smallest absolute Gasteiger partial charge is 0.348 e. The number of aliphatic carboxylic acids is 1. The Morgan fingerprint density at radius 3 is 2.23 bits per heavy atom. The van der Waals surface area contributed by atoms with Gasteiger partial charge in [0.1, 0.15) is 11.9 Å². The van der Waals surface area contributed by atoms with E-state index in [0.29, 0.717) is 28.3 Å². The van der Waals surface area contributed by atoms with E-state index in [2.05, 4.69) is 15.4 Å². The van der Waals surface area contributed by atoms with Crippen LogP contribution in [-0.2, 0) is 4.79 Å². The molecule has 0 aliphatic rings. The fourth-order valence-electron chi connectivity index (χ4n) is 3.73. The Morgan fingerprint density at radius 2 is 1.65 bits per heavy atom. The third-order valence-corrected chi connectivity index (χ3v) is 5.52. The van der Waals surface area contributed by atoms with E-state index in [4.69, 9.17) is 30.5 Å². The molecule has 7 N–H and O–H groups in total. The van der Waals surface area contributed by atoms with Crippen molar-refractivity contribution in [2.75, 3.05) is 19.5 Å². The number of carboxylic acids is 2. The molecule has 208 valence electrons. The number of ether oxygens (including phenoxy) is 2. The lowest BCUT2D eigenvalue weighted by Crippen LogP contribution is -2.18. The fraction of sp³-hybridized carbons (Fsp3) is 0.148. The second-order valence-electron chi connectivity index (χ2n) is 8.25. The van der Waals surface area contributed by atoms with Gasteiger partial charge in [0.05, 0.1) is 25.5 Å². The Balaban J connectivity index is 0.00000103. The molecule has 13 heteroatoms. The monoisotopic (exact) mass is 548 g/mol. The van der Waals surface area contributed by atoms with E-state index in [1.54, 1.807) is 54.6 Å². The largest absolute Gasteiger partial charge is 0.493 e. The number of aromatic amines is 1. The molecule has 0 fully saturated rings. The van der Waals surface area contributed by atoms with E-state index >= 15 is 0 Å². The highest BCUT2D eigenvalue weighted by Gasteiger charge is 2.23. The zero-order chi connectivity index (χ0) is 29.4. The normalized spacial score (nSPS) is 11.0. The number of aromatic nitrogens is 3. The number of nitrogens with one attached hydrogen (secondary N) is 3. The molecule has 4 aromatic rings. The van der Waals surface area contributed by atoms with Crippen molar-refractivity contribution in [3.8, 4) is 17.2 Å². The number of H-pyrrole nitrogens is 1. The Morgan fingerprint density at radius 1 is 1.02 bits per heavy atom. The number of hydrogen-bond acceptors (Lipinski definition) is 8. The first-order valence-corrected chi connectivity index (χ1v) is 11.7. The number of aromatic carboxylic acids is 1. The van der Waals surface area contributed by atoms with Crippen LogP contribution in [0.2, 0.25) is 0 Å². The highest BCUT2D eigenvalue weighted by atomic mass is 16.5. The lowest BCUT2D eigenvalue weighted by atomic mass is 10.0. The number of nitrogens with two attached hydrogens (primary N) is 1. The maximum atomic E-state index is 12.9. The molecule has 0 amide bonds. The van der Waals surface area contributed by atoms with Crippen LogP contribution >= 0.6 is 0 Å². The Bertz CT molecular complexity index is 1570. The topological polar surface area (TPSA) is 206 Å². The molecular weight excluding hydrogens is 520 g/mol. The fourth-order valence-corrected chi connectivity index (χ4v) is 3.73. The van der Waals surface area contributed by atoms with E-state index in [-0.39, 0.29) is 22.9 Å². The molecule has 0 saturated heterocycles. The van der Waals surface area contributed by atoms with Crippen molar-refractivity contribution in [1.82, 2.24) is 14.8 Å². The molecule has 0 saturated carbocycles. The van der Waals surface area contributed by atoms with Crippen LogP contribution in [0, 0.1) is 5.41 Å². The maximum absolute atomic E-state index is 12.9. The molecule has 4 rings (SSSR count). The van der Waals surface area contributed by atoms with Crippen molar-refractivity contribution in [3.63, 3.8) is 0 Å². The van der Waals surface area contributed by atoms with Crippen molar-refractivity contribution < 1.29 is 29.3 Å². The van der Waals surface area contributed by atoms with E-state index in [1.165, 1.54) is 26.4 Å². The highest BCUT2D eigenvalue weighted by molar-refractivity contribution is 5.95. The number of rotatable bonds is 9. The van der Waals surface area contributed by atoms with Crippen LogP contribution in [0.1, 0.15) is 40.3 Å². The summed E-state index contributed by atoms with van der Waals surface area (Å²) in [5.41, 5.74) is 6.95. The first kappa shape index (κ1) is 29.0. The molecule has 1 heterocycles. The molecule has 0 bridgehead atoms. The average molecular weight is 549 g/mol. The van der Waals surface area contributed by atoms with Gasteiger partial charge in [0.15, 0.2) is 17.3 Å². The number of nitrogens with zero attached hydrogens (tertiary/aromatic N) is 2. The summed E-state index contributed by atoms with van der Waals surface area (Å²) in [7, 11) is 3.05. The number of methoxy groups -OCH3 is 2. The van der Waals surface area contributed by atoms with Gasteiger partial charge >= 0.3 is 11.7 Å². The number of nitrogen functional groups attached to an aromatic ring is 1. The minimum atomic E-state index is -1.18. The van der Waals surface area contributed by atoms with Crippen molar-refractivity contribution in [2.24, 2.45) is 5.73 Å². The lowest BCUT2D eigenvalue weighted by molar-refractivity contribution is -0.134. The minimum Gasteiger partial charge on any atom is -0.493 e. The van der Waals surface area contributed by atoms with Crippen molar-refractivity contribution in [2.45, 2.75) is 13.0 Å². The van der Waals surface area contributed by atoms with Crippen molar-refractivity contribution in [1.29, 1.82) is 5.41 Å². The Kier molecular flexibility index (Phi) is 9.25. The number of carboxylic acid groups (broad SMARTS) is 2. The van der Waals surface area contributed by atoms with Crippen molar-refractivity contribution in [3.05, 3.63) is 99.7 Å². The first-order chi connectivity index (χ1) is 19.0. The van der Waals surface area contributed by atoms with Gasteiger partial charge in [0.2, 0.25) is 0 Å². The molecular formula is C27H28N6O7. The SMILES string of the molecule is CC(=O)O.COc1ccc([C@H](Nc2ccc(C(=N)N)cc2)c2nn(-c3ccccc3C(=O)O)c(=O)[nH]2)cc1OC. The second kappa shape index (κ2) is 12.8. The Hall–Kier alpha value is -5.59. The third kappa shape index (κ3) is 6.83. The van der Waals surface area contributed by atoms with Crippen LogP contribution in [0.4, 0.5) is 5.69 Å². The lowest BCUT2D eigenvalue weighted by Gasteiger charge is -2.20. The van der Waals surface area contributed by atoms with Crippen molar-refractivity contribution >= 4 is 23.5 Å². The number of carbonyl (C=O) groups is 2. The first-order valence-electron chi connectivity index (χ1n) is 11.7. The van der Waals surface area contributed by atoms with Gasteiger partial charge in [0, 0.05) is 18.2 Å². The zero-order valence-corrected chi connectivity index (χ0v) is 21.8. The summed E-state index contributed by atoms with van der Waals surface area (Å²) in [6.07, 6.45) is 0. The van der Waals surface area contributed by atoms with Crippen LogP contribution in [0.25, 0.3) is 5.69 Å². The molecule has 40 heavy (non-hydrogen) atoms. The summed E-state index contributed by atoms with van der Waals surface area (Å²) in [6.45, 7) is 1.08. The third-order valence-electron chi connectivity index (χ3n) is 5.52. The van der Waals surface area contributed by atoms with E-state index in [1.807, 2.05) is 0 Å². The summed E-state index contributed by atoms with van der Waals surface area (Å²) in [5, 5.41) is 32.3. The summed E-state index contributed by atoms with van der Waals surface area (Å²) >= 11 is 0. The average Bonchev–Trinajstić information content (AvgIpc) is 3.32. The summed E-state index contributed by atoms with van der Waals surface area (Å²) < 4.78 is 11.8. The summed E-state index contributed by atoms with van der Waals surface area (Å²) in [5.74, 6) is -0.824. The summed E-state index contributed by atoms with van der Waals surface area (Å²) in [4.78, 5) is 36.3. The van der Waals surface area contributed by atoms with Gasteiger partial charge in [-0.3, -0.25) is 15.2 Å². The molecule has 3 aromatic carbocycles. The number of anilines is 1. The minimum absolute atomic E-state index is 0.0573. The zero-order valence-electron chi connectivity index (χ0n) is 21.8. The van der Waals surface area contributed by atoms with E-state index < -0.39 is 23.7 Å². The van der Waals surface area contributed by atoms with Gasteiger partial charge in [0.25, 0.3) is 5.97 Å². The van der Waals surface area contributed by atoms with Crippen LogP contribution in [0.3, 0.4) is 0 Å². The van der Waals surface area contributed by atoms with Gasteiger partial charge in [-0.25, -0.2) is 9.59 Å². The number of benzene rings is 3. The molecule has 0 aliphatic heterocycles. The quantitative estimate of drug-likeness (QED) is 0.133. The van der Waals surface area contributed by atoms with Crippen LogP contribution in [0.15, 0.2) is 71.5 Å². The maximum Gasteiger partial charge on any atom is 0.348 e. The standard InChI is InChI=1S/C25H24N6O5.C2H4O2/c1-35-19-12-9-15(13-20(19)36-2)21(28-16-10-7-14(8-11-16)22(26)27)23-29-25(34)31(30-23)18-6-4-3-5-17(18)24(32)33;1-2(3)4/h3-13,21,28H,1-2H3,(H3,26,27)(H,32,33)(H,29,30,34);1H3,(H,3,4)/t21-;/m0./s1. The number of para-hydroxylation sites is 1. The summed E-state index contributed by atoms with van der Waals surface area (Å²) in [6, 6.07) is 17.6. The van der Waals surface area contributed by atoms with Gasteiger partial charge in [-0.2, -0.15) is 4.68 Å². The number of hydrogen-bond donors (Lipinski definition) is 6. The molecule has 1 atom stereocenters. The van der Waals surface area contributed by atoms with Gasteiger partial charge < -0.3 is 30.7 Å². The Labute approximate surface area is 228 Å². The van der Waals surface area contributed by atoms with Gasteiger partial charge in [-0.1, -0.05) is 18.2 Å². The molecule has 0 spiro atoms. The molecule has 1 aromatic heterocycles. The van der Waals surface area contributed by atoms with Crippen LogP contribution < -0.4 is 26.2 Å². The molecule has 0 radical (unpaired) electrons. The second-order valence-corrected chi connectivity index (χ2v) is 8.25. The van der Waals surface area contributed by atoms with Crippen LogP contribution in [-0.4, -0.2) is 57.0 Å². The molecule has 0 unspecified atom stereocenters. The predicted octanol–water partition coefficient (Wildman–Crippen LogP) is 2.85. The highest BCUT2D eigenvalue weighted by Crippen LogP contribution is 2.33. The molecule has 13 nitrogen and oxygen atoms in total. The van der Waals surface area contributed by atoms with Crippen LogP contribution in [0.5, 0.6) is 11.5 Å².